The molecule has 0 bridgehead atoms. The van der Waals surface area contributed by atoms with Gasteiger partial charge in [-0.25, -0.2) is 13.1 Å². The largest absolute Gasteiger partial charge is 0.381 e. The summed E-state index contributed by atoms with van der Waals surface area (Å²) in [6, 6.07) is 7.00. The van der Waals surface area contributed by atoms with E-state index >= 15 is 0 Å². The maximum atomic E-state index is 11.9. The van der Waals surface area contributed by atoms with Gasteiger partial charge in [-0.15, -0.1) is 0 Å². The fourth-order valence-corrected chi connectivity index (χ4v) is 3.02. The molecular formula is C14H25N3O2S. The Kier molecular flexibility index (Phi) is 6.98. The van der Waals surface area contributed by atoms with E-state index in [-0.39, 0.29) is 10.9 Å². The zero-order chi connectivity index (χ0) is 15.0. The highest BCUT2D eigenvalue weighted by atomic mass is 32.2. The Morgan fingerprint density at radius 3 is 2.30 bits per heavy atom. The van der Waals surface area contributed by atoms with Crippen LogP contribution in [0, 0.1) is 0 Å². The minimum Gasteiger partial charge on any atom is -0.381 e. The van der Waals surface area contributed by atoms with Gasteiger partial charge >= 0.3 is 0 Å². The maximum absolute atomic E-state index is 11.9. The monoisotopic (exact) mass is 299 g/mol. The first-order valence-corrected chi connectivity index (χ1v) is 8.58. The Balaban J connectivity index is 2.73. The molecule has 0 saturated heterocycles. The lowest BCUT2D eigenvalue weighted by molar-refractivity contribution is 0.581. The number of nitrogens with two attached hydrogens (primary N) is 1. The van der Waals surface area contributed by atoms with Gasteiger partial charge in [0.25, 0.3) is 0 Å². The number of benzene rings is 1. The molecule has 6 heteroatoms. The summed E-state index contributed by atoms with van der Waals surface area (Å²) in [5.41, 5.74) is 6.58. The first-order chi connectivity index (χ1) is 9.53. The summed E-state index contributed by atoms with van der Waals surface area (Å²) in [5, 5.41) is 3.31. The zero-order valence-electron chi connectivity index (χ0n) is 12.2. The zero-order valence-corrected chi connectivity index (χ0v) is 13.0. The van der Waals surface area contributed by atoms with E-state index in [2.05, 4.69) is 17.0 Å². The van der Waals surface area contributed by atoms with Crippen LogP contribution in [-0.4, -0.2) is 27.5 Å². The first-order valence-electron chi connectivity index (χ1n) is 7.09. The molecule has 0 radical (unpaired) electrons. The second-order valence-electron chi connectivity index (χ2n) is 4.79. The molecular weight excluding hydrogens is 274 g/mol. The van der Waals surface area contributed by atoms with Crippen LogP contribution in [0.5, 0.6) is 0 Å². The molecule has 0 aliphatic heterocycles. The van der Waals surface area contributed by atoms with E-state index in [9.17, 15) is 8.42 Å². The van der Waals surface area contributed by atoms with Gasteiger partial charge in [-0.3, -0.25) is 0 Å². The molecule has 1 unspecified atom stereocenters. The standard InChI is InChI=1S/C14H25N3O2S/c1-3-5-13(11-15)17-12-6-8-14(9-7-12)20(18,19)16-10-4-2/h6-9,13,16-17H,3-5,10-11,15H2,1-2H3. The molecule has 0 aliphatic rings. The summed E-state index contributed by atoms with van der Waals surface area (Å²) >= 11 is 0. The van der Waals surface area contributed by atoms with E-state index < -0.39 is 10.0 Å². The third-order valence-corrected chi connectivity index (χ3v) is 4.48. The third-order valence-electron chi connectivity index (χ3n) is 3.00. The van der Waals surface area contributed by atoms with E-state index in [0.29, 0.717) is 13.1 Å². The third kappa shape index (κ3) is 5.11. The molecule has 0 spiro atoms. The summed E-state index contributed by atoms with van der Waals surface area (Å²) in [6.45, 7) is 5.05. The van der Waals surface area contributed by atoms with Crippen LogP contribution in [0.25, 0.3) is 0 Å². The van der Waals surface area contributed by atoms with E-state index in [4.69, 9.17) is 5.73 Å². The molecule has 0 fully saturated rings. The van der Waals surface area contributed by atoms with Crippen molar-refractivity contribution >= 4 is 15.7 Å². The quantitative estimate of drug-likeness (QED) is 0.650. The second-order valence-corrected chi connectivity index (χ2v) is 6.55. The molecule has 114 valence electrons. The highest BCUT2D eigenvalue weighted by Crippen LogP contribution is 2.15. The van der Waals surface area contributed by atoms with Gasteiger partial charge < -0.3 is 11.1 Å². The van der Waals surface area contributed by atoms with Crippen molar-refractivity contribution in [3.8, 4) is 0 Å². The lowest BCUT2D eigenvalue weighted by atomic mass is 10.1. The number of anilines is 1. The van der Waals surface area contributed by atoms with Crippen molar-refractivity contribution in [3.63, 3.8) is 0 Å². The van der Waals surface area contributed by atoms with E-state index in [1.807, 2.05) is 6.92 Å². The number of sulfonamides is 1. The Bertz CT molecular complexity index is 486. The van der Waals surface area contributed by atoms with Crippen LogP contribution in [-0.2, 0) is 10.0 Å². The van der Waals surface area contributed by atoms with Gasteiger partial charge in [-0.1, -0.05) is 20.3 Å². The molecule has 20 heavy (non-hydrogen) atoms. The minimum absolute atomic E-state index is 0.223. The molecule has 0 aliphatic carbocycles. The van der Waals surface area contributed by atoms with Crippen molar-refractivity contribution in [3.05, 3.63) is 24.3 Å². The molecule has 0 aromatic heterocycles. The molecule has 5 nitrogen and oxygen atoms in total. The van der Waals surface area contributed by atoms with Crippen molar-refractivity contribution in [2.45, 2.75) is 44.0 Å². The van der Waals surface area contributed by atoms with Crippen LogP contribution in [0.2, 0.25) is 0 Å². The van der Waals surface area contributed by atoms with Crippen molar-refractivity contribution < 1.29 is 8.42 Å². The summed E-state index contributed by atoms with van der Waals surface area (Å²) in [5.74, 6) is 0. The van der Waals surface area contributed by atoms with Crippen LogP contribution < -0.4 is 15.8 Å². The molecule has 4 N–H and O–H groups in total. The fraction of sp³-hybridized carbons (Fsp3) is 0.571. The molecule has 1 atom stereocenters. The maximum Gasteiger partial charge on any atom is 0.240 e. The summed E-state index contributed by atoms with van der Waals surface area (Å²) < 4.78 is 26.4. The lowest BCUT2D eigenvalue weighted by Crippen LogP contribution is -2.28. The lowest BCUT2D eigenvalue weighted by Gasteiger charge is -2.17. The number of rotatable bonds is 9. The highest BCUT2D eigenvalue weighted by Gasteiger charge is 2.13. The molecule has 0 heterocycles. The smallest absolute Gasteiger partial charge is 0.240 e. The normalized spacial score (nSPS) is 13.2. The molecule has 0 amide bonds. The topological polar surface area (TPSA) is 84.2 Å². The number of hydrogen-bond donors (Lipinski definition) is 3. The van der Waals surface area contributed by atoms with Gasteiger partial charge in [-0.05, 0) is 37.1 Å². The van der Waals surface area contributed by atoms with Gasteiger partial charge in [-0.2, -0.15) is 0 Å². The Morgan fingerprint density at radius 1 is 1.15 bits per heavy atom. The summed E-state index contributed by atoms with van der Waals surface area (Å²) in [4.78, 5) is 0.288. The Labute approximate surface area is 122 Å². The van der Waals surface area contributed by atoms with Crippen LogP contribution in [0.1, 0.15) is 33.1 Å². The number of nitrogens with one attached hydrogen (secondary N) is 2. The predicted octanol–water partition coefficient (Wildman–Crippen LogP) is 1.91. The predicted molar refractivity (Wildman–Crippen MR) is 83.3 cm³/mol. The average Bonchev–Trinajstić information content (AvgIpc) is 2.45. The molecule has 1 rings (SSSR count). The van der Waals surface area contributed by atoms with Gasteiger partial charge in [0.15, 0.2) is 0 Å². The summed E-state index contributed by atoms with van der Waals surface area (Å²) in [7, 11) is -3.39. The van der Waals surface area contributed by atoms with Crippen LogP contribution in [0.15, 0.2) is 29.2 Å². The Morgan fingerprint density at radius 2 is 1.80 bits per heavy atom. The van der Waals surface area contributed by atoms with E-state index in [1.54, 1.807) is 24.3 Å². The van der Waals surface area contributed by atoms with Crippen molar-refractivity contribution in [1.82, 2.24) is 4.72 Å². The molecule has 1 aromatic carbocycles. The van der Waals surface area contributed by atoms with Crippen molar-refractivity contribution in [2.75, 3.05) is 18.4 Å². The van der Waals surface area contributed by atoms with Gasteiger partial charge in [0, 0.05) is 24.8 Å². The molecule has 1 aromatic rings. The van der Waals surface area contributed by atoms with Gasteiger partial charge in [0.2, 0.25) is 10.0 Å². The highest BCUT2D eigenvalue weighted by molar-refractivity contribution is 7.89. The number of hydrogen-bond acceptors (Lipinski definition) is 4. The summed E-state index contributed by atoms with van der Waals surface area (Å²) in [6.07, 6.45) is 2.82. The van der Waals surface area contributed by atoms with Gasteiger partial charge in [0.05, 0.1) is 4.90 Å². The second kappa shape index (κ2) is 8.24. The van der Waals surface area contributed by atoms with E-state index in [1.165, 1.54) is 0 Å². The SMILES string of the molecule is CCCNS(=O)(=O)c1ccc(NC(CN)CCC)cc1. The Hall–Kier alpha value is -1.11. The fourth-order valence-electron chi connectivity index (χ4n) is 1.88. The van der Waals surface area contributed by atoms with Crippen molar-refractivity contribution in [1.29, 1.82) is 0 Å². The van der Waals surface area contributed by atoms with Crippen LogP contribution >= 0.6 is 0 Å². The first kappa shape index (κ1) is 16.9. The van der Waals surface area contributed by atoms with Gasteiger partial charge in [0.1, 0.15) is 0 Å². The van der Waals surface area contributed by atoms with E-state index in [0.717, 1.165) is 24.9 Å². The molecule has 0 saturated carbocycles. The van der Waals surface area contributed by atoms with Crippen molar-refractivity contribution in [2.24, 2.45) is 5.73 Å². The van der Waals surface area contributed by atoms with Crippen LogP contribution in [0.3, 0.4) is 0 Å². The minimum atomic E-state index is -3.39. The average molecular weight is 299 g/mol. The van der Waals surface area contributed by atoms with Crippen LogP contribution in [0.4, 0.5) is 5.69 Å².